The van der Waals surface area contributed by atoms with Gasteiger partial charge in [0.15, 0.2) is 11.6 Å². The fraction of sp³-hybridized carbons (Fsp3) is 0.562. The van der Waals surface area contributed by atoms with Crippen molar-refractivity contribution >= 4 is 5.97 Å². The molecule has 0 aromatic heterocycles. The molecular formula is C16H20FNO4. The second-order valence-electron chi connectivity index (χ2n) is 5.85. The molecular weight excluding hydrogens is 289 g/mol. The molecule has 6 heteroatoms. The lowest BCUT2D eigenvalue weighted by molar-refractivity contribution is -0.141. The Labute approximate surface area is 128 Å². The Morgan fingerprint density at radius 1 is 1.36 bits per heavy atom. The molecule has 120 valence electrons. The summed E-state index contributed by atoms with van der Waals surface area (Å²) in [4.78, 5) is 11.0. The van der Waals surface area contributed by atoms with Gasteiger partial charge in [0.1, 0.15) is 6.10 Å². The SMILES string of the molecule is O=C(O)C1CNC(c2ccc(OC3CCOCC3)c(F)c2)C1. The number of aliphatic carboxylic acids is 1. The first-order chi connectivity index (χ1) is 10.6. The van der Waals surface area contributed by atoms with Crippen LogP contribution in [0.1, 0.15) is 30.9 Å². The normalized spacial score (nSPS) is 26.0. The summed E-state index contributed by atoms with van der Waals surface area (Å²) in [7, 11) is 0. The predicted molar refractivity (Wildman–Crippen MR) is 77.4 cm³/mol. The van der Waals surface area contributed by atoms with Gasteiger partial charge in [-0.3, -0.25) is 4.79 Å². The molecule has 2 saturated heterocycles. The third-order valence-electron chi connectivity index (χ3n) is 4.30. The van der Waals surface area contributed by atoms with Crippen molar-refractivity contribution in [2.45, 2.75) is 31.4 Å². The lowest BCUT2D eigenvalue weighted by atomic mass is 10.00. The number of rotatable bonds is 4. The van der Waals surface area contributed by atoms with Gasteiger partial charge in [-0.05, 0) is 24.1 Å². The minimum absolute atomic E-state index is 0.00454. The van der Waals surface area contributed by atoms with Gasteiger partial charge in [-0.25, -0.2) is 4.39 Å². The van der Waals surface area contributed by atoms with E-state index in [2.05, 4.69) is 5.32 Å². The van der Waals surface area contributed by atoms with Crippen molar-refractivity contribution < 1.29 is 23.8 Å². The fourth-order valence-electron chi connectivity index (χ4n) is 2.98. The fourth-order valence-corrected chi connectivity index (χ4v) is 2.98. The number of carboxylic acids is 1. The number of hydrogen-bond donors (Lipinski definition) is 2. The third-order valence-corrected chi connectivity index (χ3v) is 4.30. The topological polar surface area (TPSA) is 67.8 Å². The maximum Gasteiger partial charge on any atom is 0.307 e. The number of ether oxygens (including phenoxy) is 2. The van der Waals surface area contributed by atoms with Crippen molar-refractivity contribution in [2.24, 2.45) is 5.92 Å². The van der Waals surface area contributed by atoms with Gasteiger partial charge in [-0.1, -0.05) is 6.07 Å². The second kappa shape index (κ2) is 6.62. The van der Waals surface area contributed by atoms with Crippen LogP contribution in [0.2, 0.25) is 0 Å². The molecule has 2 heterocycles. The molecule has 0 amide bonds. The molecule has 2 atom stereocenters. The van der Waals surface area contributed by atoms with Crippen molar-refractivity contribution in [1.82, 2.24) is 5.32 Å². The standard InChI is InChI=1S/C16H20FNO4/c17-13-7-10(14-8-11(9-18-14)16(19)20)1-2-15(13)22-12-3-5-21-6-4-12/h1-2,7,11-12,14,18H,3-6,8-9H2,(H,19,20). The van der Waals surface area contributed by atoms with E-state index in [4.69, 9.17) is 14.6 Å². The van der Waals surface area contributed by atoms with E-state index in [-0.39, 0.29) is 17.9 Å². The molecule has 0 spiro atoms. The summed E-state index contributed by atoms with van der Waals surface area (Å²) in [6.45, 7) is 1.71. The smallest absolute Gasteiger partial charge is 0.307 e. The van der Waals surface area contributed by atoms with Crippen LogP contribution in [-0.4, -0.2) is 36.9 Å². The van der Waals surface area contributed by atoms with Crippen molar-refractivity contribution in [3.8, 4) is 5.75 Å². The Bertz CT molecular complexity index is 545. The highest BCUT2D eigenvalue weighted by Gasteiger charge is 2.30. The van der Waals surface area contributed by atoms with Gasteiger partial charge in [0.25, 0.3) is 0 Å². The van der Waals surface area contributed by atoms with E-state index in [0.717, 1.165) is 18.4 Å². The van der Waals surface area contributed by atoms with Crippen LogP contribution in [0.15, 0.2) is 18.2 Å². The van der Waals surface area contributed by atoms with E-state index in [1.165, 1.54) is 6.07 Å². The summed E-state index contributed by atoms with van der Waals surface area (Å²) in [5.41, 5.74) is 0.764. The number of carboxylic acid groups (broad SMARTS) is 1. The molecule has 1 aromatic carbocycles. The maximum absolute atomic E-state index is 14.2. The second-order valence-corrected chi connectivity index (χ2v) is 5.85. The van der Waals surface area contributed by atoms with Crippen molar-refractivity contribution in [3.05, 3.63) is 29.6 Å². The average molecular weight is 309 g/mol. The van der Waals surface area contributed by atoms with E-state index in [9.17, 15) is 9.18 Å². The highest BCUT2D eigenvalue weighted by molar-refractivity contribution is 5.70. The maximum atomic E-state index is 14.2. The highest BCUT2D eigenvalue weighted by Crippen LogP contribution is 2.30. The quantitative estimate of drug-likeness (QED) is 0.892. The van der Waals surface area contributed by atoms with E-state index in [1.807, 2.05) is 0 Å². The molecule has 2 aliphatic heterocycles. The van der Waals surface area contributed by atoms with Crippen LogP contribution in [-0.2, 0) is 9.53 Å². The van der Waals surface area contributed by atoms with Crippen LogP contribution in [0.25, 0.3) is 0 Å². The lowest BCUT2D eigenvalue weighted by Gasteiger charge is -2.23. The largest absolute Gasteiger partial charge is 0.487 e. The minimum Gasteiger partial charge on any atom is -0.487 e. The Balaban J connectivity index is 1.65. The Kier molecular flexibility index (Phi) is 4.59. The zero-order valence-corrected chi connectivity index (χ0v) is 12.3. The van der Waals surface area contributed by atoms with Crippen LogP contribution in [0.5, 0.6) is 5.75 Å². The molecule has 0 saturated carbocycles. The molecule has 2 N–H and O–H groups in total. The summed E-state index contributed by atoms with van der Waals surface area (Å²) in [5.74, 6) is -1.37. The van der Waals surface area contributed by atoms with Gasteiger partial charge in [0, 0.05) is 25.4 Å². The van der Waals surface area contributed by atoms with Crippen molar-refractivity contribution in [1.29, 1.82) is 0 Å². The molecule has 3 rings (SSSR count). The summed E-state index contributed by atoms with van der Waals surface area (Å²) in [6, 6.07) is 4.76. The van der Waals surface area contributed by atoms with Gasteiger partial charge in [0.05, 0.1) is 19.1 Å². The Morgan fingerprint density at radius 2 is 2.14 bits per heavy atom. The highest BCUT2D eigenvalue weighted by atomic mass is 19.1. The molecule has 0 aliphatic carbocycles. The first-order valence-corrected chi connectivity index (χ1v) is 7.63. The van der Waals surface area contributed by atoms with Crippen LogP contribution >= 0.6 is 0 Å². The zero-order valence-electron chi connectivity index (χ0n) is 12.3. The molecule has 0 bridgehead atoms. The Hall–Kier alpha value is -1.66. The summed E-state index contributed by atoms with van der Waals surface area (Å²) >= 11 is 0. The van der Waals surface area contributed by atoms with Crippen LogP contribution in [0, 0.1) is 11.7 Å². The number of carbonyl (C=O) groups is 1. The minimum atomic E-state index is -0.810. The van der Waals surface area contributed by atoms with Crippen molar-refractivity contribution in [2.75, 3.05) is 19.8 Å². The van der Waals surface area contributed by atoms with Crippen LogP contribution < -0.4 is 10.1 Å². The first kappa shape index (κ1) is 15.2. The number of nitrogens with one attached hydrogen (secondary N) is 1. The van der Waals surface area contributed by atoms with Gasteiger partial charge in [-0.2, -0.15) is 0 Å². The number of benzene rings is 1. The van der Waals surface area contributed by atoms with Gasteiger partial charge in [-0.15, -0.1) is 0 Å². The summed E-state index contributed by atoms with van der Waals surface area (Å²) < 4.78 is 25.2. The lowest BCUT2D eigenvalue weighted by Crippen LogP contribution is -2.26. The number of halogens is 1. The molecule has 0 radical (unpaired) electrons. The molecule has 1 aromatic rings. The molecule has 22 heavy (non-hydrogen) atoms. The van der Waals surface area contributed by atoms with E-state index < -0.39 is 17.7 Å². The van der Waals surface area contributed by atoms with E-state index in [1.54, 1.807) is 12.1 Å². The number of hydrogen-bond acceptors (Lipinski definition) is 4. The monoisotopic (exact) mass is 309 g/mol. The average Bonchev–Trinajstić information content (AvgIpc) is 3.00. The molecule has 5 nitrogen and oxygen atoms in total. The van der Waals surface area contributed by atoms with E-state index in [0.29, 0.717) is 26.2 Å². The first-order valence-electron chi connectivity index (χ1n) is 7.63. The molecule has 2 aliphatic rings. The van der Waals surface area contributed by atoms with Crippen LogP contribution in [0.3, 0.4) is 0 Å². The van der Waals surface area contributed by atoms with Crippen molar-refractivity contribution in [3.63, 3.8) is 0 Å². The van der Waals surface area contributed by atoms with E-state index >= 15 is 0 Å². The van der Waals surface area contributed by atoms with Gasteiger partial charge in [0.2, 0.25) is 0 Å². The third kappa shape index (κ3) is 3.39. The van der Waals surface area contributed by atoms with Crippen LogP contribution in [0.4, 0.5) is 4.39 Å². The Morgan fingerprint density at radius 3 is 2.77 bits per heavy atom. The molecule has 2 fully saturated rings. The summed E-state index contributed by atoms with van der Waals surface area (Å²) in [5, 5.41) is 12.1. The molecule has 2 unspecified atom stereocenters. The summed E-state index contributed by atoms with van der Waals surface area (Å²) in [6.07, 6.45) is 2.02. The van der Waals surface area contributed by atoms with Gasteiger partial charge >= 0.3 is 5.97 Å². The zero-order chi connectivity index (χ0) is 15.5. The van der Waals surface area contributed by atoms with Gasteiger partial charge < -0.3 is 19.9 Å². The predicted octanol–water partition coefficient (Wildman–Crippen LogP) is 2.12.